The summed E-state index contributed by atoms with van der Waals surface area (Å²) < 4.78 is 7.25. The summed E-state index contributed by atoms with van der Waals surface area (Å²) in [5, 5.41) is 13.3. The molecule has 10 heteroatoms. The van der Waals surface area contributed by atoms with Gasteiger partial charge in [0, 0.05) is 25.0 Å². The first-order chi connectivity index (χ1) is 12.2. The fourth-order valence-electron chi connectivity index (χ4n) is 3.24. The Morgan fingerprint density at radius 2 is 2.15 bits per heavy atom. The molecule has 2 N–H and O–H groups in total. The zero-order chi connectivity index (χ0) is 17.2. The van der Waals surface area contributed by atoms with Gasteiger partial charge in [0.1, 0.15) is 16.8 Å². The molecule has 0 radical (unpaired) electrons. The monoisotopic (exact) mass is 398 g/mol. The number of carbonyl (C=O) groups excluding carboxylic acids is 1. The number of carbonyl (C=O) groups is 1. The highest BCUT2D eigenvalue weighted by Gasteiger charge is 2.24. The molecule has 1 amide bonds. The van der Waals surface area contributed by atoms with Crippen LogP contribution in [-0.4, -0.2) is 45.4 Å². The Bertz CT molecular complexity index is 752. The third-order valence-electron chi connectivity index (χ3n) is 4.67. The SMILES string of the molecule is Cl.Cn1nc(C2CCNCC2)nc1NC(=O)c1csc(C2CCCO2)n1. The van der Waals surface area contributed by atoms with E-state index in [-0.39, 0.29) is 24.4 Å². The molecule has 1 atom stereocenters. The van der Waals surface area contributed by atoms with E-state index in [1.54, 1.807) is 17.1 Å². The summed E-state index contributed by atoms with van der Waals surface area (Å²) in [6.07, 6.45) is 4.09. The van der Waals surface area contributed by atoms with Crippen molar-refractivity contribution in [3.63, 3.8) is 0 Å². The van der Waals surface area contributed by atoms with Gasteiger partial charge in [-0.25, -0.2) is 9.67 Å². The number of aromatic nitrogens is 4. The van der Waals surface area contributed by atoms with Crippen LogP contribution in [0.4, 0.5) is 5.95 Å². The molecule has 2 aromatic rings. The van der Waals surface area contributed by atoms with Crippen LogP contribution >= 0.6 is 23.7 Å². The molecule has 1 unspecified atom stereocenters. The Hall–Kier alpha value is -1.55. The molecule has 0 aliphatic carbocycles. The van der Waals surface area contributed by atoms with Gasteiger partial charge in [0.2, 0.25) is 5.95 Å². The highest BCUT2D eigenvalue weighted by molar-refractivity contribution is 7.09. The predicted molar refractivity (Wildman–Crippen MR) is 101 cm³/mol. The second-order valence-corrected chi connectivity index (χ2v) is 7.36. The minimum atomic E-state index is -0.257. The van der Waals surface area contributed by atoms with Crippen LogP contribution in [0, 0.1) is 0 Å². The van der Waals surface area contributed by atoms with Gasteiger partial charge in [0.05, 0.1) is 0 Å². The lowest BCUT2D eigenvalue weighted by Crippen LogP contribution is -2.27. The molecule has 2 aromatic heterocycles. The van der Waals surface area contributed by atoms with Crippen molar-refractivity contribution in [3.8, 4) is 0 Å². The second-order valence-electron chi connectivity index (χ2n) is 6.47. The maximum Gasteiger partial charge on any atom is 0.277 e. The Morgan fingerprint density at radius 1 is 1.35 bits per heavy atom. The quantitative estimate of drug-likeness (QED) is 0.820. The Morgan fingerprint density at radius 3 is 2.88 bits per heavy atom. The van der Waals surface area contributed by atoms with Gasteiger partial charge in [-0.15, -0.1) is 23.7 Å². The fourth-order valence-corrected chi connectivity index (χ4v) is 4.12. The van der Waals surface area contributed by atoms with E-state index in [9.17, 15) is 4.79 Å². The number of amides is 1. The molecular weight excluding hydrogens is 376 g/mol. The van der Waals surface area contributed by atoms with Gasteiger partial charge < -0.3 is 10.1 Å². The highest BCUT2D eigenvalue weighted by Crippen LogP contribution is 2.30. The Kier molecular flexibility index (Phi) is 6.23. The third kappa shape index (κ3) is 4.06. The van der Waals surface area contributed by atoms with Crippen LogP contribution in [0.5, 0.6) is 0 Å². The topological polar surface area (TPSA) is 94.0 Å². The minimum Gasteiger partial charge on any atom is -0.371 e. The normalized spacial score (nSPS) is 20.7. The molecule has 0 bridgehead atoms. The molecule has 2 saturated heterocycles. The van der Waals surface area contributed by atoms with Gasteiger partial charge in [-0.2, -0.15) is 10.1 Å². The molecule has 26 heavy (non-hydrogen) atoms. The largest absolute Gasteiger partial charge is 0.371 e. The summed E-state index contributed by atoms with van der Waals surface area (Å²) in [5.74, 6) is 1.36. The number of piperidine rings is 1. The number of halogens is 1. The molecule has 8 nitrogen and oxygen atoms in total. The number of ether oxygens (including phenoxy) is 1. The van der Waals surface area contributed by atoms with Crippen LogP contribution in [-0.2, 0) is 11.8 Å². The summed E-state index contributed by atoms with van der Waals surface area (Å²) in [6, 6.07) is 0. The van der Waals surface area contributed by atoms with E-state index in [4.69, 9.17) is 4.74 Å². The molecular formula is C16H23ClN6O2S. The van der Waals surface area contributed by atoms with Gasteiger partial charge in [0.15, 0.2) is 5.82 Å². The van der Waals surface area contributed by atoms with Crippen molar-refractivity contribution < 1.29 is 9.53 Å². The van der Waals surface area contributed by atoms with Crippen molar-refractivity contribution in [1.29, 1.82) is 0 Å². The van der Waals surface area contributed by atoms with E-state index in [0.29, 0.717) is 17.6 Å². The van der Waals surface area contributed by atoms with Crippen LogP contribution in [0.25, 0.3) is 0 Å². The van der Waals surface area contributed by atoms with Crippen LogP contribution in [0.2, 0.25) is 0 Å². The highest BCUT2D eigenvalue weighted by atomic mass is 35.5. The Labute approximate surface area is 162 Å². The van der Waals surface area contributed by atoms with Crippen molar-refractivity contribution >= 4 is 35.6 Å². The molecule has 4 heterocycles. The molecule has 2 aliphatic rings. The molecule has 0 saturated carbocycles. The number of hydrogen-bond donors (Lipinski definition) is 2. The first-order valence-corrected chi connectivity index (χ1v) is 9.58. The van der Waals surface area contributed by atoms with Crippen LogP contribution in [0.1, 0.15) is 59.0 Å². The van der Waals surface area contributed by atoms with Crippen molar-refractivity contribution in [2.24, 2.45) is 7.05 Å². The average molecular weight is 399 g/mol. The van der Waals surface area contributed by atoms with E-state index in [0.717, 1.165) is 56.2 Å². The van der Waals surface area contributed by atoms with E-state index in [2.05, 4.69) is 25.7 Å². The van der Waals surface area contributed by atoms with Gasteiger partial charge >= 0.3 is 0 Å². The van der Waals surface area contributed by atoms with Crippen LogP contribution < -0.4 is 10.6 Å². The molecule has 2 fully saturated rings. The van der Waals surface area contributed by atoms with Crippen molar-refractivity contribution in [3.05, 3.63) is 21.9 Å². The summed E-state index contributed by atoms with van der Waals surface area (Å²) in [5.41, 5.74) is 0.405. The molecule has 2 aliphatic heterocycles. The maximum absolute atomic E-state index is 12.5. The van der Waals surface area contributed by atoms with Gasteiger partial charge in [-0.05, 0) is 38.8 Å². The predicted octanol–water partition coefficient (Wildman–Crippen LogP) is 2.26. The number of nitrogens with zero attached hydrogens (tertiary/aromatic N) is 4. The molecule has 142 valence electrons. The summed E-state index contributed by atoms with van der Waals surface area (Å²) >= 11 is 1.47. The van der Waals surface area contributed by atoms with Crippen molar-refractivity contribution in [2.45, 2.75) is 37.7 Å². The number of anilines is 1. The smallest absolute Gasteiger partial charge is 0.277 e. The zero-order valence-corrected chi connectivity index (χ0v) is 16.2. The number of rotatable bonds is 4. The molecule has 0 spiro atoms. The van der Waals surface area contributed by atoms with E-state index in [1.165, 1.54) is 11.3 Å². The third-order valence-corrected chi connectivity index (χ3v) is 5.61. The van der Waals surface area contributed by atoms with Crippen molar-refractivity contribution in [2.75, 3.05) is 25.0 Å². The van der Waals surface area contributed by atoms with E-state index in [1.807, 2.05) is 0 Å². The van der Waals surface area contributed by atoms with Crippen LogP contribution in [0.15, 0.2) is 5.38 Å². The minimum absolute atomic E-state index is 0. The first-order valence-electron chi connectivity index (χ1n) is 8.71. The van der Waals surface area contributed by atoms with Gasteiger partial charge in [-0.3, -0.25) is 10.1 Å². The van der Waals surface area contributed by atoms with Crippen LogP contribution in [0.3, 0.4) is 0 Å². The summed E-state index contributed by atoms with van der Waals surface area (Å²) in [7, 11) is 1.80. The lowest BCUT2D eigenvalue weighted by atomic mass is 9.98. The number of hydrogen-bond acceptors (Lipinski definition) is 7. The number of thiazole rings is 1. The molecule has 4 rings (SSSR count). The molecule has 0 aromatic carbocycles. The lowest BCUT2D eigenvalue weighted by molar-refractivity contribution is 0.101. The lowest BCUT2D eigenvalue weighted by Gasteiger charge is -2.19. The number of nitrogens with one attached hydrogen (secondary N) is 2. The first kappa shape index (κ1) is 19.2. The van der Waals surface area contributed by atoms with Crippen molar-refractivity contribution in [1.82, 2.24) is 25.1 Å². The maximum atomic E-state index is 12.5. The number of aryl methyl sites for hydroxylation is 1. The van der Waals surface area contributed by atoms with E-state index >= 15 is 0 Å². The standard InChI is InChI=1S/C16H22N6O2S.ClH/c1-22-16(19-13(21-22)10-4-6-17-7-5-10)20-14(23)11-9-25-15(18-11)12-3-2-8-24-12;/h9-10,12,17H,2-8H2,1H3,(H,19,20,21,23);1H. The average Bonchev–Trinajstić information content (AvgIpc) is 3.36. The van der Waals surface area contributed by atoms with E-state index < -0.39 is 0 Å². The Balaban J connectivity index is 0.00000196. The van der Waals surface area contributed by atoms with Gasteiger partial charge in [-0.1, -0.05) is 0 Å². The van der Waals surface area contributed by atoms with Gasteiger partial charge in [0.25, 0.3) is 5.91 Å². The fraction of sp³-hybridized carbons (Fsp3) is 0.625. The zero-order valence-electron chi connectivity index (χ0n) is 14.6. The second kappa shape index (κ2) is 8.43. The summed E-state index contributed by atoms with van der Waals surface area (Å²) in [4.78, 5) is 21.4. The summed E-state index contributed by atoms with van der Waals surface area (Å²) in [6.45, 7) is 2.73.